The van der Waals surface area contributed by atoms with E-state index in [1.54, 1.807) is 18.2 Å². The van der Waals surface area contributed by atoms with Crippen LogP contribution >= 0.6 is 0 Å². The van der Waals surface area contributed by atoms with E-state index < -0.39 is 0 Å². The van der Waals surface area contributed by atoms with Crippen LogP contribution in [0.5, 0.6) is 0 Å². The number of anilines is 1. The molecule has 26 heavy (non-hydrogen) atoms. The summed E-state index contributed by atoms with van der Waals surface area (Å²) in [7, 11) is 0. The minimum Gasteiger partial charge on any atom is -0.347 e. The van der Waals surface area contributed by atoms with Crippen LogP contribution in [0.4, 0.5) is 10.5 Å². The van der Waals surface area contributed by atoms with Crippen LogP contribution in [0.1, 0.15) is 53.6 Å². The fourth-order valence-electron chi connectivity index (χ4n) is 2.59. The first kappa shape index (κ1) is 19.5. The number of nitrogens with zero attached hydrogens (tertiary/aromatic N) is 1. The maximum atomic E-state index is 12.4. The summed E-state index contributed by atoms with van der Waals surface area (Å²) >= 11 is 0. The van der Waals surface area contributed by atoms with Gasteiger partial charge < -0.3 is 16.0 Å². The summed E-state index contributed by atoms with van der Waals surface area (Å²) in [6.45, 7) is 11.8. The third-order valence-corrected chi connectivity index (χ3v) is 4.02. The van der Waals surface area contributed by atoms with Crippen molar-refractivity contribution in [3.8, 4) is 0 Å². The van der Waals surface area contributed by atoms with Crippen molar-refractivity contribution >= 4 is 17.6 Å². The molecule has 3 amide bonds. The average molecular weight is 357 g/mol. The molecule has 1 aromatic carbocycles. The van der Waals surface area contributed by atoms with Crippen LogP contribution in [0.25, 0.3) is 0 Å². The summed E-state index contributed by atoms with van der Waals surface area (Å²) in [5.74, 6) is -0.163. The van der Waals surface area contributed by atoms with Crippen LogP contribution in [-0.2, 0) is 6.54 Å². The lowest BCUT2D eigenvalue weighted by molar-refractivity contribution is 0.0919. The van der Waals surface area contributed by atoms with Gasteiger partial charge in [0.1, 0.15) is 0 Å². The lowest BCUT2D eigenvalue weighted by Crippen LogP contribution is -2.41. The Kier molecular flexibility index (Phi) is 5.69. The van der Waals surface area contributed by atoms with E-state index in [1.807, 2.05) is 41.5 Å². The SMILES string of the molecule is Cc1n[nH]c(C)c1CNC(=O)Nc1cccc(C(=O)NC(C)(C)C)c1C. The number of H-pyrrole nitrogens is 1. The van der Waals surface area contributed by atoms with E-state index >= 15 is 0 Å². The Morgan fingerprint density at radius 2 is 1.85 bits per heavy atom. The summed E-state index contributed by atoms with van der Waals surface area (Å²) in [6, 6.07) is 4.95. The van der Waals surface area contributed by atoms with Crippen LogP contribution in [0, 0.1) is 20.8 Å². The smallest absolute Gasteiger partial charge is 0.319 e. The molecule has 0 aliphatic rings. The van der Waals surface area contributed by atoms with Crippen molar-refractivity contribution in [2.45, 2.75) is 53.6 Å². The molecular formula is C19H27N5O2. The zero-order chi connectivity index (χ0) is 19.5. The van der Waals surface area contributed by atoms with Gasteiger partial charge in [0, 0.05) is 34.6 Å². The second-order valence-electron chi connectivity index (χ2n) is 7.40. The van der Waals surface area contributed by atoms with Crippen LogP contribution in [0.15, 0.2) is 18.2 Å². The second kappa shape index (κ2) is 7.59. The zero-order valence-corrected chi connectivity index (χ0v) is 16.2. The molecule has 1 aromatic heterocycles. The molecule has 0 aliphatic carbocycles. The lowest BCUT2D eigenvalue weighted by atomic mass is 10.0. The Labute approximate surface area is 154 Å². The van der Waals surface area contributed by atoms with Gasteiger partial charge in [-0.15, -0.1) is 0 Å². The van der Waals surface area contributed by atoms with Crippen LogP contribution in [0.2, 0.25) is 0 Å². The highest BCUT2D eigenvalue weighted by Gasteiger charge is 2.18. The van der Waals surface area contributed by atoms with E-state index in [1.165, 1.54) is 0 Å². The molecule has 2 aromatic rings. The standard InChI is InChI=1S/C19H27N5O2/c1-11-14(17(25)22-19(4,5)6)8-7-9-16(11)21-18(26)20-10-15-12(2)23-24-13(15)3/h7-9H,10H2,1-6H3,(H,22,25)(H,23,24)(H2,20,21,26). The molecule has 0 atom stereocenters. The number of benzene rings is 1. The largest absolute Gasteiger partial charge is 0.347 e. The topological polar surface area (TPSA) is 98.9 Å². The van der Waals surface area contributed by atoms with Gasteiger partial charge in [-0.2, -0.15) is 5.10 Å². The van der Waals surface area contributed by atoms with Gasteiger partial charge in [0.15, 0.2) is 0 Å². The summed E-state index contributed by atoms with van der Waals surface area (Å²) in [5.41, 5.74) is 4.30. The number of hydrogen-bond donors (Lipinski definition) is 4. The molecule has 0 bridgehead atoms. The predicted octanol–water partition coefficient (Wildman–Crippen LogP) is 3.18. The normalized spacial score (nSPS) is 11.2. The predicted molar refractivity (Wildman–Crippen MR) is 102 cm³/mol. The van der Waals surface area contributed by atoms with Gasteiger partial charge in [-0.1, -0.05) is 6.07 Å². The fraction of sp³-hybridized carbons (Fsp3) is 0.421. The summed E-state index contributed by atoms with van der Waals surface area (Å²) < 4.78 is 0. The first-order valence-electron chi connectivity index (χ1n) is 8.56. The molecule has 0 spiro atoms. The Balaban J connectivity index is 2.06. The molecule has 2 rings (SSSR count). The van der Waals surface area contributed by atoms with Crippen LogP contribution < -0.4 is 16.0 Å². The number of carbonyl (C=O) groups is 2. The molecule has 0 saturated carbocycles. The minimum atomic E-state index is -0.332. The maximum Gasteiger partial charge on any atom is 0.319 e. The average Bonchev–Trinajstić information content (AvgIpc) is 2.84. The van der Waals surface area contributed by atoms with Crippen LogP contribution in [-0.4, -0.2) is 27.7 Å². The fourth-order valence-corrected chi connectivity index (χ4v) is 2.59. The quantitative estimate of drug-likeness (QED) is 0.676. The van der Waals surface area contributed by atoms with Crippen molar-refractivity contribution in [1.82, 2.24) is 20.8 Å². The van der Waals surface area contributed by atoms with E-state index in [9.17, 15) is 9.59 Å². The van der Waals surface area contributed by atoms with Crippen molar-refractivity contribution < 1.29 is 9.59 Å². The zero-order valence-electron chi connectivity index (χ0n) is 16.2. The number of rotatable bonds is 4. The number of hydrogen-bond acceptors (Lipinski definition) is 3. The summed E-state index contributed by atoms with van der Waals surface area (Å²) in [4.78, 5) is 24.7. The van der Waals surface area contributed by atoms with Crippen molar-refractivity contribution in [1.29, 1.82) is 0 Å². The summed E-state index contributed by atoms with van der Waals surface area (Å²) in [6.07, 6.45) is 0. The van der Waals surface area contributed by atoms with Crippen molar-refractivity contribution in [2.24, 2.45) is 0 Å². The number of amides is 3. The number of aromatic nitrogens is 2. The third kappa shape index (κ3) is 4.84. The minimum absolute atomic E-state index is 0.163. The van der Waals surface area contributed by atoms with E-state index in [0.29, 0.717) is 17.8 Å². The van der Waals surface area contributed by atoms with Gasteiger partial charge in [0.25, 0.3) is 5.91 Å². The van der Waals surface area contributed by atoms with Gasteiger partial charge in [-0.05, 0) is 59.2 Å². The Bertz CT molecular complexity index is 798. The second-order valence-corrected chi connectivity index (χ2v) is 7.40. The molecule has 0 saturated heterocycles. The van der Waals surface area contributed by atoms with Crippen molar-refractivity contribution in [3.05, 3.63) is 46.3 Å². The molecule has 0 fully saturated rings. The third-order valence-electron chi connectivity index (χ3n) is 4.02. The highest BCUT2D eigenvalue weighted by atomic mass is 16.2. The first-order valence-corrected chi connectivity index (χ1v) is 8.56. The highest BCUT2D eigenvalue weighted by Crippen LogP contribution is 2.20. The van der Waals surface area contributed by atoms with Gasteiger partial charge in [-0.3, -0.25) is 9.89 Å². The van der Waals surface area contributed by atoms with E-state index in [4.69, 9.17) is 0 Å². The maximum absolute atomic E-state index is 12.4. The Hall–Kier alpha value is -2.83. The highest BCUT2D eigenvalue weighted by molar-refractivity contribution is 5.99. The number of urea groups is 1. The van der Waals surface area contributed by atoms with Gasteiger partial charge in [-0.25, -0.2) is 4.79 Å². The number of aryl methyl sites for hydroxylation is 2. The molecule has 0 unspecified atom stereocenters. The first-order chi connectivity index (χ1) is 12.1. The van der Waals surface area contributed by atoms with E-state index in [0.717, 1.165) is 22.5 Å². The number of carbonyl (C=O) groups excluding carboxylic acids is 2. The van der Waals surface area contributed by atoms with Crippen molar-refractivity contribution in [2.75, 3.05) is 5.32 Å². The number of nitrogens with one attached hydrogen (secondary N) is 4. The molecule has 4 N–H and O–H groups in total. The number of aromatic amines is 1. The summed E-state index contributed by atoms with van der Waals surface area (Å²) in [5, 5.41) is 15.6. The monoisotopic (exact) mass is 357 g/mol. The molecule has 1 heterocycles. The van der Waals surface area contributed by atoms with Crippen LogP contribution in [0.3, 0.4) is 0 Å². The van der Waals surface area contributed by atoms with Gasteiger partial charge >= 0.3 is 6.03 Å². The Morgan fingerprint density at radius 1 is 1.15 bits per heavy atom. The molecule has 7 heteroatoms. The lowest BCUT2D eigenvalue weighted by Gasteiger charge is -2.21. The Morgan fingerprint density at radius 3 is 2.42 bits per heavy atom. The van der Waals surface area contributed by atoms with Crippen molar-refractivity contribution in [3.63, 3.8) is 0 Å². The molecule has 140 valence electrons. The van der Waals surface area contributed by atoms with E-state index in [-0.39, 0.29) is 17.5 Å². The molecular weight excluding hydrogens is 330 g/mol. The molecule has 0 aliphatic heterocycles. The van der Waals surface area contributed by atoms with Gasteiger partial charge in [0.2, 0.25) is 0 Å². The van der Waals surface area contributed by atoms with Gasteiger partial charge in [0.05, 0.1) is 5.69 Å². The molecule has 0 radical (unpaired) electrons. The van der Waals surface area contributed by atoms with E-state index in [2.05, 4.69) is 26.1 Å². The molecule has 7 nitrogen and oxygen atoms in total.